The summed E-state index contributed by atoms with van der Waals surface area (Å²) >= 11 is 15.5. The van der Waals surface area contributed by atoms with E-state index in [2.05, 4.69) is 8.58 Å². The molecule has 3 nitrogen and oxygen atoms in total. The zero-order chi connectivity index (χ0) is 11.3. The minimum atomic E-state index is -0.625. The van der Waals surface area contributed by atoms with Crippen LogP contribution in [0, 0.1) is 0 Å². The summed E-state index contributed by atoms with van der Waals surface area (Å²) < 4.78 is 8.65. The van der Waals surface area contributed by atoms with Gasteiger partial charge in [0.1, 0.15) is 36.3 Å². The Hall–Kier alpha value is -0.900. The van der Waals surface area contributed by atoms with Crippen LogP contribution >= 0.6 is 35.3 Å². The summed E-state index contributed by atoms with van der Waals surface area (Å²) in [5, 5.41) is 0.296. The molecule has 80 valence electrons. The highest BCUT2D eigenvalue weighted by atomic mass is 35.5. The fourth-order valence-electron chi connectivity index (χ4n) is 1.08. The number of hydrogen-bond acceptors (Lipinski definition) is 3. The van der Waals surface area contributed by atoms with Crippen molar-refractivity contribution < 1.29 is 13.4 Å². The van der Waals surface area contributed by atoms with Crippen LogP contribution < -0.4 is 10.4 Å². The van der Waals surface area contributed by atoms with E-state index in [9.17, 15) is 4.79 Å². The molecule has 0 aliphatic heterocycles. The first kappa shape index (κ1) is 12.2. The van der Waals surface area contributed by atoms with Gasteiger partial charge in [-0.25, -0.2) is 0 Å². The van der Waals surface area contributed by atoms with Crippen molar-refractivity contribution in [1.82, 2.24) is 0 Å². The summed E-state index contributed by atoms with van der Waals surface area (Å²) in [5.74, 6) is 0. The van der Waals surface area contributed by atoms with Gasteiger partial charge in [-0.3, -0.25) is 4.79 Å². The van der Waals surface area contributed by atoms with Crippen molar-refractivity contribution in [1.29, 1.82) is 0 Å². The average molecular weight is 267 g/mol. The standard InChI is InChI=1S/C9H5Cl3O3/c10-9(13)7-3-1-2-6(4-14-11)8(7)5-15-12/h1-5H. The zero-order valence-corrected chi connectivity index (χ0v) is 9.51. The van der Waals surface area contributed by atoms with Crippen molar-refractivity contribution in [3.05, 3.63) is 34.2 Å². The molecule has 0 N–H and O–H groups in total. The highest BCUT2D eigenvalue weighted by molar-refractivity contribution is 6.67. The molecule has 0 atom stereocenters. The Labute approximate surface area is 101 Å². The quantitative estimate of drug-likeness (QED) is 0.785. The lowest BCUT2D eigenvalue weighted by molar-refractivity contribution is 0.108. The van der Waals surface area contributed by atoms with E-state index < -0.39 is 5.24 Å². The van der Waals surface area contributed by atoms with Crippen molar-refractivity contribution in [2.24, 2.45) is 0 Å². The van der Waals surface area contributed by atoms with Gasteiger partial charge in [0.25, 0.3) is 5.24 Å². The molecule has 0 saturated heterocycles. The maximum atomic E-state index is 11.1. The fraction of sp³-hybridized carbons (Fsp3) is 0. The van der Waals surface area contributed by atoms with Crippen LogP contribution in [0.2, 0.25) is 0 Å². The summed E-state index contributed by atoms with van der Waals surface area (Å²) in [7, 11) is 0. The minimum Gasteiger partial charge on any atom is -0.393 e. The Morgan fingerprint density at radius 1 is 1.20 bits per heavy atom. The molecule has 6 heteroatoms. The van der Waals surface area contributed by atoms with Crippen LogP contribution in [0.1, 0.15) is 10.4 Å². The smallest absolute Gasteiger partial charge is 0.253 e. The van der Waals surface area contributed by atoms with Crippen molar-refractivity contribution in [2.45, 2.75) is 0 Å². The molecule has 0 aliphatic carbocycles. The van der Waals surface area contributed by atoms with Crippen LogP contribution in [-0.4, -0.2) is 5.24 Å². The fourth-order valence-corrected chi connectivity index (χ4v) is 1.43. The SMILES string of the molecule is O=C(Cl)c1cccc(=COCl)c1=COCl. The molecular formula is C9H5Cl3O3. The van der Waals surface area contributed by atoms with Crippen molar-refractivity contribution >= 4 is 53.1 Å². The maximum Gasteiger partial charge on any atom is 0.253 e. The summed E-state index contributed by atoms with van der Waals surface area (Å²) in [6.07, 6.45) is 2.39. The second kappa shape index (κ2) is 5.85. The van der Waals surface area contributed by atoms with E-state index in [0.717, 1.165) is 0 Å². The van der Waals surface area contributed by atoms with Gasteiger partial charge in [0.05, 0.1) is 0 Å². The molecule has 1 rings (SSSR count). The first-order valence-corrected chi connectivity index (χ1v) is 4.74. The minimum absolute atomic E-state index is 0.250. The van der Waals surface area contributed by atoms with Gasteiger partial charge in [0.15, 0.2) is 0 Å². The van der Waals surface area contributed by atoms with Crippen molar-refractivity contribution in [2.75, 3.05) is 0 Å². The molecule has 0 heterocycles. The highest BCUT2D eigenvalue weighted by Crippen LogP contribution is 1.96. The second-order valence-corrected chi connectivity index (χ2v) is 3.20. The normalized spacial score (nSPS) is 12.7. The lowest BCUT2D eigenvalue weighted by atomic mass is 10.1. The number of hydrogen-bond donors (Lipinski definition) is 0. The van der Waals surface area contributed by atoms with Crippen molar-refractivity contribution in [3.8, 4) is 0 Å². The third-order valence-corrected chi connectivity index (χ3v) is 2.07. The second-order valence-electron chi connectivity index (χ2n) is 2.50. The van der Waals surface area contributed by atoms with E-state index in [4.69, 9.17) is 35.3 Å². The molecule has 0 amide bonds. The third kappa shape index (κ3) is 3.02. The van der Waals surface area contributed by atoms with Gasteiger partial charge < -0.3 is 8.58 Å². The number of carbonyl (C=O) groups is 1. The van der Waals surface area contributed by atoms with Gasteiger partial charge in [-0.2, -0.15) is 0 Å². The van der Waals surface area contributed by atoms with Gasteiger partial charge in [-0.15, -0.1) is 0 Å². The Morgan fingerprint density at radius 3 is 2.40 bits per heavy atom. The molecule has 15 heavy (non-hydrogen) atoms. The molecule has 1 aromatic carbocycles. The lowest BCUT2D eigenvalue weighted by Gasteiger charge is -1.96. The third-order valence-electron chi connectivity index (χ3n) is 1.69. The van der Waals surface area contributed by atoms with E-state index in [0.29, 0.717) is 10.4 Å². The Morgan fingerprint density at radius 2 is 1.87 bits per heavy atom. The Kier molecular flexibility index (Phi) is 4.75. The van der Waals surface area contributed by atoms with Crippen LogP contribution in [0.25, 0.3) is 12.5 Å². The zero-order valence-electron chi connectivity index (χ0n) is 7.25. The lowest BCUT2D eigenvalue weighted by Crippen LogP contribution is -2.29. The van der Waals surface area contributed by atoms with Crippen LogP contribution in [0.3, 0.4) is 0 Å². The molecule has 0 radical (unpaired) electrons. The van der Waals surface area contributed by atoms with Crippen LogP contribution in [0.15, 0.2) is 18.2 Å². The van der Waals surface area contributed by atoms with Gasteiger partial charge in [-0.1, -0.05) is 12.1 Å². The predicted octanol–water partition coefficient (Wildman–Crippen LogP) is 1.88. The molecule has 0 fully saturated rings. The number of rotatable bonds is 3. The van der Waals surface area contributed by atoms with Gasteiger partial charge in [-0.05, 0) is 17.7 Å². The predicted molar refractivity (Wildman–Crippen MR) is 58.7 cm³/mol. The number of benzene rings is 1. The van der Waals surface area contributed by atoms with E-state index in [-0.39, 0.29) is 5.56 Å². The summed E-state index contributed by atoms with van der Waals surface area (Å²) in [6, 6.07) is 4.82. The van der Waals surface area contributed by atoms with E-state index in [1.54, 1.807) is 12.1 Å². The topological polar surface area (TPSA) is 35.5 Å². The molecule has 0 saturated carbocycles. The van der Waals surface area contributed by atoms with Gasteiger partial charge in [0.2, 0.25) is 0 Å². The Bertz CT molecular complexity index is 470. The highest BCUT2D eigenvalue weighted by Gasteiger charge is 2.04. The molecule has 0 aromatic heterocycles. The largest absolute Gasteiger partial charge is 0.393 e. The first-order valence-electron chi connectivity index (χ1n) is 3.74. The summed E-state index contributed by atoms with van der Waals surface area (Å²) in [5.41, 5.74) is 0.250. The van der Waals surface area contributed by atoms with Crippen LogP contribution in [0.5, 0.6) is 0 Å². The molecule has 0 aliphatic rings. The van der Waals surface area contributed by atoms with Crippen molar-refractivity contribution in [3.63, 3.8) is 0 Å². The molecule has 0 bridgehead atoms. The molecular weight excluding hydrogens is 262 g/mol. The van der Waals surface area contributed by atoms with E-state index >= 15 is 0 Å². The average Bonchev–Trinajstić information content (AvgIpc) is 2.21. The monoisotopic (exact) mass is 266 g/mol. The summed E-state index contributed by atoms with van der Waals surface area (Å²) in [4.78, 5) is 11.1. The number of carbonyl (C=O) groups excluding carboxylic acids is 1. The van der Waals surface area contributed by atoms with Crippen LogP contribution in [-0.2, 0) is 8.58 Å². The van der Waals surface area contributed by atoms with Gasteiger partial charge in [0, 0.05) is 16.0 Å². The molecule has 0 unspecified atom stereocenters. The maximum absolute atomic E-state index is 11.1. The molecule has 0 spiro atoms. The Balaban J connectivity index is 3.57. The van der Waals surface area contributed by atoms with Crippen LogP contribution in [0.4, 0.5) is 0 Å². The first-order chi connectivity index (χ1) is 7.20. The number of halogens is 3. The van der Waals surface area contributed by atoms with E-state index in [1.165, 1.54) is 18.6 Å². The van der Waals surface area contributed by atoms with E-state index in [1.807, 2.05) is 0 Å². The van der Waals surface area contributed by atoms with Gasteiger partial charge >= 0.3 is 0 Å². The molecule has 1 aromatic rings. The summed E-state index contributed by atoms with van der Waals surface area (Å²) in [6.45, 7) is 0.